The molecule has 0 spiro atoms. The minimum atomic E-state index is 0.0544. The van der Waals surface area contributed by atoms with Gasteiger partial charge < -0.3 is 9.80 Å². The van der Waals surface area contributed by atoms with Gasteiger partial charge in [0.1, 0.15) is 5.69 Å². The number of carbonyl (C=O) groups excluding carboxylic acids is 2. The maximum absolute atomic E-state index is 12.9. The molecule has 3 heterocycles. The normalized spacial score (nSPS) is 18.2. The number of likely N-dealkylation sites (tertiary alicyclic amines) is 1. The molecule has 0 unspecified atom stereocenters. The number of amides is 2. The lowest BCUT2D eigenvalue weighted by Crippen LogP contribution is -2.38. The number of aromatic nitrogens is 2. The van der Waals surface area contributed by atoms with Crippen molar-refractivity contribution < 1.29 is 9.59 Å². The highest BCUT2D eigenvalue weighted by atomic mass is 16.2. The second kappa shape index (κ2) is 7.41. The van der Waals surface area contributed by atoms with Crippen molar-refractivity contribution in [2.75, 3.05) is 26.7 Å². The van der Waals surface area contributed by atoms with Gasteiger partial charge in [0.25, 0.3) is 11.8 Å². The monoisotopic (exact) mass is 380 g/mol. The largest absolute Gasteiger partial charge is 0.340 e. The molecular weight excluding hydrogens is 352 g/mol. The van der Waals surface area contributed by atoms with E-state index < -0.39 is 0 Å². The van der Waals surface area contributed by atoms with E-state index in [0.29, 0.717) is 11.6 Å². The summed E-state index contributed by atoms with van der Waals surface area (Å²) in [6, 6.07) is 8.01. The SMILES string of the molecule is Cc1ccc(C)c(C(=O)N2CCC(c3cc4n(n3)CCCN(C)C4=O)CC2)c1. The molecule has 1 fully saturated rings. The van der Waals surface area contributed by atoms with Crippen molar-refractivity contribution in [1.29, 1.82) is 0 Å². The Labute approximate surface area is 166 Å². The number of nitrogens with zero attached hydrogens (tertiary/aromatic N) is 4. The van der Waals surface area contributed by atoms with Crippen LogP contribution in [-0.4, -0.2) is 58.1 Å². The molecule has 6 heteroatoms. The van der Waals surface area contributed by atoms with Crippen molar-refractivity contribution in [3.63, 3.8) is 0 Å². The number of aryl methyl sites for hydroxylation is 3. The Bertz CT molecular complexity index is 909. The van der Waals surface area contributed by atoms with Gasteiger partial charge in [0, 0.05) is 44.7 Å². The fourth-order valence-corrected chi connectivity index (χ4v) is 4.25. The Kier molecular flexibility index (Phi) is 4.96. The number of carbonyl (C=O) groups is 2. The fourth-order valence-electron chi connectivity index (χ4n) is 4.25. The lowest BCUT2D eigenvalue weighted by atomic mass is 9.92. The third-order valence-corrected chi connectivity index (χ3v) is 6.05. The van der Waals surface area contributed by atoms with Crippen LogP contribution in [0.15, 0.2) is 24.3 Å². The summed E-state index contributed by atoms with van der Waals surface area (Å²) in [5.74, 6) is 0.482. The van der Waals surface area contributed by atoms with Gasteiger partial charge in [0.05, 0.1) is 5.69 Å². The van der Waals surface area contributed by atoms with E-state index >= 15 is 0 Å². The second-order valence-electron chi connectivity index (χ2n) is 8.14. The molecule has 148 valence electrons. The van der Waals surface area contributed by atoms with E-state index in [2.05, 4.69) is 0 Å². The van der Waals surface area contributed by atoms with Crippen molar-refractivity contribution >= 4 is 11.8 Å². The van der Waals surface area contributed by atoms with E-state index in [9.17, 15) is 9.59 Å². The van der Waals surface area contributed by atoms with Gasteiger partial charge in [-0.1, -0.05) is 17.7 Å². The fraction of sp³-hybridized carbons (Fsp3) is 0.500. The summed E-state index contributed by atoms with van der Waals surface area (Å²) >= 11 is 0. The minimum absolute atomic E-state index is 0.0544. The third kappa shape index (κ3) is 3.43. The Morgan fingerprint density at radius 3 is 2.57 bits per heavy atom. The van der Waals surface area contributed by atoms with Crippen LogP contribution in [0.4, 0.5) is 0 Å². The van der Waals surface area contributed by atoms with Gasteiger partial charge in [0.15, 0.2) is 0 Å². The lowest BCUT2D eigenvalue weighted by Gasteiger charge is -2.31. The van der Waals surface area contributed by atoms with Gasteiger partial charge in [0.2, 0.25) is 0 Å². The predicted octanol–water partition coefficient (Wildman–Crippen LogP) is 3.00. The van der Waals surface area contributed by atoms with Crippen molar-refractivity contribution in [3.05, 3.63) is 52.3 Å². The van der Waals surface area contributed by atoms with E-state index in [0.717, 1.165) is 67.8 Å². The third-order valence-electron chi connectivity index (χ3n) is 6.05. The maximum atomic E-state index is 12.9. The first-order chi connectivity index (χ1) is 13.4. The van der Waals surface area contributed by atoms with Crippen LogP contribution in [0.1, 0.15) is 62.8 Å². The molecule has 1 aromatic carbocycles. The molecule has 6 nitrogen and oxygen atoms in total. The summed E-state index contributed by atoms with van der Waals surface area (Å²) in [5.41, 5.74) is 4.64. The highest BCUT2D eigenvalue weighted by molar-refractivity contribution is 5.96. The van der Waals surface area contributed by atoms with E-state index in [4.69, 9.17) is 5.10 Å². The van der Waals surface area contributed by atoms with Gasteiger partial charge >= 0.3 is 0 Å². The average Bonchev–Trinajstić information content (AvgIpc) is 3.07. The maximum Gasteiger partial charge on any atom is 0.271 e. The molecule has 4 rings (SSSR count). The molecule has 1 aromatic heterocycles. The molecule has 2 aliphatic heterocycles. The van der Waals surface area contributed by atoms with E-state index in [1.165, 1.54) is 0 Å². The van der Waals surface area contributed by atoms with Gasteiger partial charge in [-0.25, -0.2) is 0 Å². The molecule has 0 radical (unpaired) electrons. The Morgan fingerprint density at radius 2 is 1.82 bits per heavy atom. The van der Waals surface area contributed by atoms with Gasteiger partial charge in [-0.3, -0.25) is 14.3 Å². The Balaban J connectivity index is 1.46. The zero-order chi connectivity index (χ0) is 19.8. The lowest BCUT2D eigenvalue weighted by molar-refractivity contribution is 0.0710. The molecule has 2 aliphatic rings. The number of rotatable bonds is 2. The highest BCUT2D eigenvalue weighted by Gasteiger charge is 2.29. The van der Waals surface area contributed by atoms with Crippen LogP contribution in [0.5, 0.6) is 0 Å². The van der Waals surface area contributed by atoms with Crippen LogP contribution in [0.2, 0.25) is 0 Å². The van der Waals surface area contributed by atoms with E-state index in [1.807, 2.05) is 54.7 Å². The molecular formula is C22H28N4O2. The first kappa shape index (κ1) is 18.7. The first-order valence-electron chi connectivity index (χ1n) is 10.1. The zero-order valence-corrected chi connectivity index (χ0v) is 16.9. The highest BCUT2D eigenvalue weighted by Crippen LogP contribution is 2.29. The summed E-state index contributed by atoms with van der Waals surface area (Å²) in [4.78, 5) is 29.2. The number of piperidine rings is 1. The molecule has 0 saturated carbocycles. The van der Waals surface area contributed by atoms with Crippen molar-refractivity contribution in [3.8, 4) is 0 Å². The first-order valence-corrected chi connectivity index (χ1v) is 10.1. The van der Waals surface area contributed by atoms with Gasteiger partial charge in [-0.2, -0.15) is 5.10 Å². The van der Waals surface area contributed by atoms with Crippen LogP contribution in [0.3, 0.4) is 0 Å². The van der Waals surface area contributed by atoms with Crippen molar-refractivity contribution in [1.82, 2.24) is 19.6 Å². The summed E-state index contributed by atoms with van der Waals surface area (Å²) in [6.45, 7) is 7.03. The molecule has 0 atom stereocenters. The van der Waals surface area contributed by atoms with Crippen LogP contribution in [0, 0.1) is 13.8 Å². The van der Waals surface area contributed by atoms with Gasteiger partial charge in [-0.15, -0.1) is 0 Å². The number of hydrogen-bond acceptors (Lipinski definition) is 3. The molecule has 0 N–H and O–H groups in total. The topological polar surface area (TPSA) is 58.4 Å². The standard InChI is InChI=1S/C22H28N4O2/c1-15-5-6-16(2)18(13-15)21(27)25-11-7-17(8-12-25)19-14-20-22(28)24(3)9-4-10-26(20)23-19/h5-6,13-14,17H,4,7-12H2,1-3H3. The van der Waals surface area contributed by atoms with Crippen LogP contribution >= 0.6 is 0 Å². The molecule has 1 saturated heterocycles. The van der Waals surface area contributed by atoms with E-state index in [1.54, 1.807) is 4.90 Å². The summed E-state index contributed by atoms with van der Waals surface area (Å²) in [5, 5.41) is 4.74. The molecule has 2 aromatic rings. The van der Waals surface area contributed by atoms with E-state index in [-0.39, 0.29) is 11.8 Å². The molecule has 28 heavy (non-hydrogen) atoms. The minimum Gasteiger partial charge on any atom is -0.340 e. The number of hydrogen-bond donors (Lipinski definition) is 0. The van der Waals surface area contributed by atoms with Gasteiger partial charge in [-0.05, 0) is 50.8 Å². The smallest absolute Gasteiger partial charge is 0.271 e. The second-order valence-corrected chi connectivity index (χ2v) is 8.14. The quantitative estimate of drug-likeness (QED) is 0.805. The predicted molar refractivity (Wildman–Crippen MR) is 108 cm³/mol. The van der Waals surface area contributed by atoms with Crippen LogP contribution < -0.4 is 0 Å². The van der Waals surface area contributed by atoms with Crippen molar-refractivity contribution in [2.45, 2.75) is 45.6 Å². The molecule has 2 amide bonds. The summed E-state index contributed by atoms with van der Waals surface area (Å²) in [6.07, 6.45) is 2.70. The Morgan fingerprint density at radius 1 is 1.07 bits per heavy atom. The zero-order valence-electron chi connectivity index (χ0n) is 16.9. The summed E-state index contributed by atoms with van der Waals surface area (Å²) < 4.78 is 1.87. The molecule has 0 bridgehead atoms. The van der Waals surface area contributed by atoms with Crippen LogP contribution in [0.25, 0.3) is 0 Å². The van der Waals surface area contributed by atoms with Crippen molar-refractivity contribution in [2.24, 2.45) is 0 Å². The summed E-state index contributed by atoms with van der Waals surface area (Å²) in [7, 11) is 1.85. The average molecular weight is 380 g/mol. The number of fused-ring (bicyclic) bond motifs is 1. The number of benzene rings is 1. The molecule has 0 aliphatic carbocycles. The Hall–Kier alpha value is -2.63. The van der Waals surface area contributed by atoms with Crippen LogP contribution in [-0.2, 0) is 6.54 Å².